The zero-order valence-electron chi connectivity index (χ0n) is 10.7. The van der Waals surface area contributed by atoms with Crippen LogP contribution >= 0.6 is 11.6 Å². The van der Waals surface area contributed by atoms with Crippen LogP contribution in [0.4, 0.5) is 0 Å². The van der Waals surface area contributed by atoms with Crippen LogP contribution in [-0.2, 0) is 0 Å². The molecule has 18 heavy (non-hydrogen) atoms. The summed E-state index contributed by atoms with van der Waals surface area (Å²) in [5.41, 5.74) is 1.02. The number of aliphatic hydroxyl groups is 1. The van der Waals surface area contributed by atoms with E-state index in [1.54, 1.807) is 0 Å². The van der Waals surface area contributed by atoms with Gasteiger partial charge in [-0.3, -0.25) is 0 Å². The maximum absolute atomic E-state index is 9.40. The van der Waals surface area contributed by atoms with Gasteiger partial charge in [-0.15, -0.1) is 11.6 Å². The number of benzene rings is 1. The first-order valence-electron chi connectivity index (χ1n) is 5.97. The first-order valence-corrected chi connectivity index (χ1v) is 6.51. The minimum absolute atomic E-state index is 0.151. The molecule has 0 spiro atoms. The van der Waals surface area contributed by atoms with Gasteiger partial charge in [-0.25, -0.2) is 0 Å². The zero-order chi connectivity index (χ0) is 13.4. The van der Waals surface area contributed by atoms with E-state index in [9.17, 15) is 5.11 Å². The molecule has 0 fully saturated rings. The van der Waals surface area contributed by atoms with Crippen LogP contribution in [0.5, 0.6) is 11.5 Å². The molecule has 0 bridgehead atoms. The monoisotopic (exact) mass is 270 g/mol. The van der Waals surface area contributed by atoms with Crippen LogP contribution in [0.3, 0.4) is 0 Å². The lowest BCUT2D eigenvalue weighted by Crippen LogP contribution is -2.19. The van der Waals surface area contributed by atoms with Crippen LogP contribution in [-0.4, -0.2) is 30.3 Å². The van der Waals surface area contributed by atoms with E-state index in [0.717, 1.165) is 5.56 Å². The van der Waals surface area contributed by atoms with E-state index in [2.05, 4.69) is 0 Å². The summed E-state index contributed by atoms with van der Waals surface area (Å²) in [7, 11) is 0. The molecule has 0 saturated carbocycles. The molecule has 0 aromatic heterocycles. The topological polar surface area (TPSA) is 38.7 Å². The van der Waals surface area contributed by atoms with Gasteiger partial charge in [0.05, 0.1) is 12.5 Å². The van der Waals surface area contributed by atoms with Crippen LogP contribution in [0.25, 0.3) is 6.08 Å². The SMILES string of the molecule is CC=Cc1ccc(OCC)c(OCC(O)CCl)c1. The van der Waals surface area contributed by atoms with E-state index in [-0.39, 0.29) is 12.5 Å². The molecule has 0 heterocycles. The van der Waals surface area contributed by atoms with E-state index in [1.165, 1.54) is 0 Å². The number of ether oxygens (including phenoxy) is 2. The smallest absolute Gasteiger partial charge is 0.161 e. The van der Waals surface area contributed by atoms with E-state index in [0.29, 0.717) is 18.1 Å². The van der Waals surface area contributed by atoms with Crippen LogP contribution in [0.1, 0.15) is 19.4 Å². The van der Waals surface area contributed by atoms with Crippen molar-refractivity contribution in [2.24, 2.45) is 0 Å². The Kier molecular flexibility index (Phi) is 6.61. The summed E-state index contributed by atoms with van der Waals surface area (Å²) in [6.07, 6.45) is 3.25. The normalized spacial score (nSPS) is 12.7. The first kappa shape index (κ1) is 14.9. The van der Waals surface area contributed by atoms with Crippen LogP contribution < -0.4 is 9.47 Å². The van der Waals surface area contributed by atoms with Crippen LogP contribution in [0.2, 0.25) is 0 Å². The van der Waals surface area contributed by atoms with Gasteiger partial charge in [0.1, 0.15) is 12.7 Å². The predicted molar refractivity (Wildman–Crippen MR) is 74.5 cm³/mol. The Bertz CT molecular complexity index is 391. The molecule has 1 rings (SSSR count). The highest BCUT2D eigenvalue weighted by molar-refractivity contribution is 6.18. The minimum atomic E-state index is -0.675. The molecule has 1 aromatic rings. The van der Waals surface area contributed by atoms with Crippen molar-refractivity contribution >= 4 is 17.7 Å². The van der Waals surface area contributed by atoms with Crippen molar-refractivity contribution in [3.05, 3.63) is 29.8 Å². The number of hydrogen-bond acceptors (Lipinski definition) is 3. The fourth-order valence-electron chi connectivity index (χ4n) is 1.44. The van der Waals surface area contributed by atoms with Crippen molar-refractivity contribution < 1.29 is 14.6 Å². The van der Waals surface area contributed by atoms with Gasteiger partial charge in [0.2, 0.25) is 0 Å². The van der Waals surface area contributed by atoms with Crippen molar-refractivity contribution in [1.82, 2.24) is 0 Å². The highest BCUT2D eigenvalue weighted by Gasteiger charge is 2.08. The minimum Gasteiger partial charge on any atom is -0.490 e. The molecule has 0 aliphatic carbocycles. The quantitative estimate of drug-likeness (QED) is 0.774. The second-order valence-electron chi connectivity index (χ2n) is 3.76. The summed E-state index contributed by atoms with van der Waals surface area (Å²) < 4.78 is 11.0. The Morgan fingerprint density at radius 1 is 1.33 bits per heavy atom. The largest absolute Gasteiger partial charge is 0.490 e. The first-order chi connectivity index (χ1) is 8.71. The Morgan fingerprint density at radius 3 is 2.72 bits per heavy atom. The molecule has 1 atom stereocenters. The van der Waals surface area contributed by atoms with Gasteiger partial charge < -0.3 is 14.6 Å². The summed E-state index contributed by atoms with van der Waals surface area (Å²) in [5, 5.41) is 9.40. The fourth-order valence-corrected chi connectivity index (χ4v) is 1.53. The Hall–Kier alpha value is -1.19. The molecule has 1 N–H and O–H groups in total. The molecular formula is C14H19ClO3. The number of allylic oxidation sites excluding steroid dienone is 1. The lowest BCUT2D eigenvalue weighted by Gasteiger charge is -2.14. The summed E-state index contributed by atoms with van der Waals surface area (Å²) in [5.74, 6) is 1.45. The maximum atomic E-state index is 9.40. The van der Waals surface area contributed by atoms with Gasteiger partial charge in [0.15, 0.2) is 11.5 Å². The molecule has 0 amide bonds. The molecule has 0 aliphatic rings. The second-order valence-corrected chi connectivity index (χ2v) is 4.07. The van der Waals surface area contributed by atoms with Crippen LogP contribution in [0, 0.1) is 0 Å². The van der Waals surface area contributed by atoms with Crippen LogP contribution in [0.15, 0.2) is 24.3 Å². The van der Waals surface area contributed by atoms with Crippen molar-refractivity contribution in [1.29, 1.82) is 0 Å². The number of rotatable bonds is 7. The van der Waals surface area contributed by atoms with Crippen molar-refractivity contribution in [3.8, 4) is 11.5 Å². The average Bonchev–Trinajstić information content (AvgIpc) is 2.39. The van der Waals surface area contributed by atoms with Gasteiger partial charge in [-0.1, -0.05) is 18.2 Å². The molecule has 3 nitrogen and oxygen atoms in total. The van der Waals surface area contributed by atoms with E-state index in [4.69, 9.17) is 21.1 Å². The molecular weight excluding hydrogens is 252 g/mol. The standard InChI is InChI=1S/C14H19ClO3/c1-3-5-11-6-7-13(17-4-2)14(8-11)18-10-12(16)9-15/h3,5-8,12,16H,4,9-10H2,1-2H3. The predicted octanol–water partition coefficient (Wildman–Crippen LogP) is 3.10. The van der Waals surface area contributed by atoms with Crippen molar-refractivity contribution in [3.63, 3.8) is 0 Å². The average molecular weight is 271 g/mol. The zero-order valence-corrected chi connectivity index (χ0v) is 11.5. The third kappa shape index (κ3) is 4.59. The number of hydrogen-bond donors (Lipinski definition) is 1. The molecule has 0 saturated heterocycles. The van der Waals surface area contributed by atoms with Crippen molar-refractivity contribution in [2.45, 2.75) is 20.0 Å². The molecule has 1 unspecified atom stereocenters. The van der Waals surface area contributed by atoms with E-state index < -0.39 is 6.10 Å². The second kappa shape index (κ2) is 8.01. The lowest BCUT2D eigenvalue weighted by molar-refractivity contribution is 0.122. The highest BCUT2D eigenvalue weighted by Crippen LogP contribution is 2.29. The summed E-state index contributed by atoms with van der Waals surface area (Å²) in [4.78, 5) is 0. The van der Waals surface area contributed by atoms with Gasteiger partial charge >= 0.3 is 0 Å². The fraction of sp³-hybridized carbons (Fsp3) is 0.429. The van der Waals surface area contributed by atoms with E-state index >= 15 is 0 Å². The number of halogens is 1. The Balaban J connectivity index is 2.85. The molecule has 0 aliphatic heterocycles. The van der Waals surface area contributed by atoms with Gasteiger partial charge in [0, 0.05) is 0 Å². The molecule has 0 radical (unpaired) electrons. The van der Waals surface area contributed by atoms with Crippen molar-refractivity contribution in [2.75, 3.05) is 19.1 Å². The van der Waals surface area contributed by atoms with Gasteiger partial charge in [0.25, 0.3) is 0 Å². The number of alkyl halides is 1. The van der Waals surface area contributed by atoms with E-state index in [1.807, 2.05) is 44.2 Å². The lowest BCUT2D eigenvalue weighted by atomic mass is 10.2. The molecule has 4 heteroatoms. The molecule has 1 aromatic carbocycles. The Labute approximate surface area is 113 Å². The third-order valence-corrected chi connectivity index (χ3v) is 2.59. The maximum Gasteiger partial charge on any atom is 0.161 e. The highest BCUT2D eigenvalue weighted by atomic mass is 35.5. The molecule has 100 valence electrons. The number of aliphatic hydroxyl groups excluding tert-OH is 1. The summed E-state index contributed by atoms with van der Waals surface area (Å²) in [6, 6.07) is 5.70. The Morgan fingerprint density at radius 2 is 2.11 bits per heavy atom. The van der Waals surface area contributed by atoms with Gasteiger partial charge in [-0.05, 0) is 31.5 Å². The summed E-state index contributed by atoms with van der Waals surface area (Å²) in [6.45, 7) is 4.59. The summed E-state index contributed by atoms with van der Waals surface area (Å²) >= 11 is 5.53. The van der Waals surface area contributed by atoms with Gasteiger partial charge in [-0.2, -0.15) is 0 Å². The third-order valence-electron chi connectivity index (χ3n) is 2.24.